The molecule has 12 nitrogen and oxygen atoms in total. The van der Waals surface area contributed by atoms with Gasteiger partial charge in [-0.2, -0.15) is 9.83 Å². The molecule has 42 heavy (non-hydrogen) atoms. The van der Waals surface area contributed by atoms with Crippen LogP contribution in [0.1, 0.15) is 52.9 Å². The Kier molecular flexibility index (Phi) is 14.9. The average Bonchev–Trinajstić information content (AvgIpc) is 2.96. The fourth-order valence-corrected chi connectivity index (χ4v) is 3.86. The van der Waals surface area contributed by atoms with Gasteiger partial charge in [-0.25, -0.2) is 9.86 Å². The molecule has 0 unspecified atom stereocenters. The Labute approximate surface area is 252 Å². The number of carbonyl (C=O) groups excluding carboxylic acids is 2. The summed E-state index contributed by atoms with van der Waals surface area (Å²) in [6, 6.07) is 10.9. The second kappa shape index (κ2) is 18.4. The number of nitrogens with one attached hydrogen (secondary N) is 1. The lowest BCUT2D eigenvalue weighted by molar-refractivity contribution is -0.727. The highest BCUT2D eigenvalue weighted by Gasteiger charge is 2.16. The molecule has 3 N–H and O–H groups in total. The standard InChI is InChI=1S/C29H40ClN7O5/c1-29(2,3)42-36(22-38)16-8-15-33-28(39)41-23-35-18-13-25(14-19-35)37(27(32)34-21-31)17-6-4-5-7-20-40-26-11-9-24(30)10-12-26/h9-14,18-19,22H,4-8,15-17,20,23H2,1-3H3,(H2-,32,33,34,39)/p+1. The van der Waals surface area contributed by atoms with Gasteiger partial charge in [0, 0.05) is 30.2 Å². The maximum absolute atomic E-state index is 12.0. The number of nitrogens with zero attached hydrogens (tertiary/aromatic N) is 5. The molecule has 1 heterocycles. The summed E-state index contributed by atoms with van der Waals surface area (Å²) in [6.45, 7) is 7.40. The molecule has 228 valence electrons. The maximum atomic E-state index is 12.0. The van der Waals surface area contributed by atoms with Gasteiger partial charge in [0.25, 0.3) is 6.73 Å². The molecule has 1 aromatic heterocycles. The summed E-state index contributed by atoms with van der Waals surface area (Å²) in [5, 5.41) is 13.5. The molecule has 0 aliphatic rings. The molecule has 2 aromatic rings. The lowest BCUT2D eigenvalue weighted by Crippen LogP contribution is -2.40. The van der Waals surface area contributed by atoms with Crippen molar-refractivity contribution in [3.63, 3.8) is 0 Å². The number of hydrogen-bond donors (Lipinski definition) is 2. The van der Waals surface area contributed by atoms with Gasteiger partial charge in [-0.05, 0) is 64.3 Å². The summed E-state index contributed by atoms with van der Waals surface area (Å²) in [5.74, 6) is 0.904. The summed E-state index contributed by atoms with van der Waals surface area (Å²) < 4.78 is 12.7. The van der Waals surface area contributed by atoms with E-state index in [-0.39, 0.29) is 12.7 Å². The van der Waals surface area contributed by atoms with Crippen molar-refractivity contribution in [1.82, 2.24) is 10.4 Å². The number of nitrogens with two attached hydrogens (primary N) is 1. The molecule has 0 saturated carbocycles. The van der Waals surface area contributed by atoms with Crippen molar-refractivity contribution in [1.29, 1.82) is 5.26 Å². The number of aromatic nitrogens is 1. The molecule has 13 heteroatoms. The van der Waals surface area contributed by atoms with Crippen LogP contribution in [-0.4, -0.2) is 55.4 Å². The fraction of sp³-hybridized carbons (Fsp3) is 0.483. The number of carbonyl (C=O) groups is 2. The summed E-state index contributed by atoms with van der Waals surface area (Å²) in [5.41, 5.74) is 6.33. The molecule has 0 fully saturated rings. The highest BCUT2D eigenvalue weighted by molar-refractivity contribution is 6.30. The van der Waals surface area contributed by atoms with Gasteiger partial charge in [0.15, 0.2) is 12.4 Å². The number of rotatable bonds is 17. The zero-order valence-corrected chi connectivity index (χ0v) is 25.3. The van der Waals surface area contributed by atoms with Crippen LogP contribution in [0.3, 0.4) is 0 Å². The van der Waals surface area contributed by atoms with Crippen molar-refractivity contribution in [2.75, 3.05) is 31.1 Å². The number of pyridine rings is 1. The minimum Gasteiger partial charge on any atom is -0.494 e. The molecule has 0 aliphatic heterocycles. The van der Waals surface area contributed by atoms with E-state index in [0.717, 1.165) is 37.1 Å². The van der Waals surface area contributed by atoms with Crippen molar-refractivity contribution in [2.45, 2.75) is 65.2 Å². The number of nitriles is 1. The first-order valence-electron chi connectivity index (χ1n) is 13.8. The Morgan fingerprint density at radius 2 is 1.79 bits per heavy atom. The Morgan fingerprint density at radius 3 is 2.43 bits per heavy atom. The van der Waals surface area contributed by atoms with Crippen LogP contribution in [0.4, 0.5) is 10.5 Å². The van der Waals surface area contributed by atoms with E-state index in [4.69, 9.17) is 36.9 Å². The van der Waals surface area contributed by atoms with Gasteiger partial charge in [-0.3, -0.25) is 9.63 Å². The number of amides is 2. The minimum absolute atomic E-state index is 0.000427. The highest BCUT2D eigenvalue weighted by Crippen LogP contribution is 2.17. The second-order valence-electron chi connectivity index (χ2n) is 10.3. The number of hydrogen-bond acceptors (Lipinski definition) is 7. The van der Waals surface area contributed by atoms with Crippen LogP contribution in [0, 0.1) is 11.5 Å². The Hall–Kier alpha value is -4.08. The minimum atomic E-state index is -0.577. The second-order valence-corrected chi connectivity index (χ2v) is 10.7. The van der Waals surface area contributed by atoms with E-state index < -0.39 is 11.7 Å². The summed E-state index contributed by atoms with van der Waals surface area (Å²) in [6.07, 6.45) is 9.45. The topological polar surface area (TPSA) is 146 Å². The van der Waals surface area contributed by atoms with E-state index in [0.29, 0.717) is 44.1 Å². The van der Waals surface area contributed by atoms with Gasteiger partial charge in [0.1, 0.15) is 5.75 Å². The number of anilines is 1. The highest BCUT2D eigenvalue weighted by atomic mass is 35.5. The van der Waals surface area contributed by atoms with Gasteiger partial charge in [-0.1, -0.05) is 24.4 Å². The number of alkyl carbamates (subject to hydrolysis) is 1. The van der Waals surface area contributed by atoms with Crippen molar-refractivity contribution < 1.29 is 28.5 Å². The Balaban J connectivity index is 1.73. The molecular weight excluding hydrogens is 562 g/mol. The number of guanidine groups is 1. The first kappa shape index (κ1) is 34.1. The van der Waals surface area contributed by atoms with E-state index in [1.807, 2.05) is 45.0 Å². The van der Waals surface area contributed by atoms with Gasteiger partial charge >= 0.3 is 6.09 Å². The van der Waals surface area contributed by atoms with E-state index in [1.54, 1.807) is 40.2 Å². The molecule has 0 saturated heterocycles. The molecule has 0 radical (unpaired) electrons. The van der Waals surface area contributed by atoms with Crippen molar-refractivity contribution in [2.24, 2.45) is 10.7 Å². The molecule has 0 atom stereocenters. The lowest BCUT2D eigenvalue weighted by Gasteiger charge is -2.26. The Bertz CT molecular complexity index is 1160. The van der Waals surface area contributed by atoms with Gasteiger partial charge in [0.2, 0.25) is 18.6 Å². The maximum Gasteiger partial charge on any atom is 0.411 e. The molecule has 2 rings (SSSR count). The number of benzene rings is 1. The smallest absolute Gasteiger partial charge is 0.411 e. The lowest BCUT2D eigenvalue weighted by atomic mass is 10.2. The van der Waals surface area contributed by atoms with Gasteiger partial charge in [0.05, 0.1) is 24.4 Å². The van der Waals surface area contributed by atoms with Crippen LogP contribution in [0.25, 0.3) is 0 Å². The SMILES string of the molecule is CC(C)(C)ON(C=O)CCCNC(=O)OC[n+]1ccc(N(CCCCCCOc2ccc(Cl)cc2)C(N)=NC#N)cc1. The van der Waals surface area contributed by atoms with Crippen molar-refractivity contribution in [3.8, 4) is 11.9 Å². The number of aliphatic imine (C=N–C) groups is 1. The molecular formula is C29H41ClN7O5+. The third-order valence-electron chi connectivity index (χ3n) is 5.66. The van der Waals surface area contributed by atoms with E-state index in [2.05, 4.69) is 10.3 Å². The predicted octanol–water partition coefficient (Wildman–Crippen LogP) is 4.13. The molecule has 0 bridgehead atoms. The van der Waals surface area contributed by atoms with Crippen molar-refractivity contribution >= 4 is 35.8 Å². The zero-order chi connectivity index (χ0) is 30.8. The molecule has 2 amide bonds. The predicted molar refractivity (Wildman–Crippen MR) is 159 cm³/mol. The van der Waals surface area contributed by atoms with Crippen molar-refractivity contribution in [3.05, 3.63) is 53.8 Å². The number of halogens is 1. The number of hydroxylamine groups is 2. The van der Waals surface area contributed by atoms with E-state index in [9.17, 15) is 9.59 Å². The van der Waals surface area contributed by atoms with Gasteiger partial charge < -0.3 is 25.4 Å². The largest absolute Gasteiger partial charge is 0.494 e. The number of unbranched alkanes of at least 4 members (excludes halogenated alkanes) is 3. The number of ether oxygens (including phenoxy) is 2. The van der Waals surface area contributed by atoms with Crippen LogP contribution < -0.4 is 25.3 Å². The average molecular weight is 603 g/mol. The first-order valence-corrected chi connectivity index (χ1v) is 14.2. The quantitative estimate of drug-likeness (QED) is 0.0522. The molecule has 0 spiro atoms. The van der Waals surface area contributed by atoms with Crippen LogP contribution in [0.2, 0.25) is 5.02 Å². The van der Waals surface area contributed by atoms with E-state index in [1.165, 1.54) is 5.06 Å². The van der Waals surface area contributed by atoms with Crippen LogP contribution >= 0.6 is 11.6 Å². The third kappa shape index (κ3) is 14.0. The van der Waals surface area contributed by atoms with Crippen LogP contribution in [0.15, 0.2) is 53.8 Å². The summed E-state index contributed by atoms with van der Waals surface area (Å²) in [4.78, 5) is 34.1. The normalized spacial score (nSPS) is 11.4. The Morgan fingerprint density at radius 1 is 1.10 bits per heavy atom. The first-order chi connectivity index (χ1) is 20.1. The summed E-state index contributed by atoms with van der Waals surface area (Å²) in [7, 11) is 0. The van der Waals surface area contributed by atoms with E-state index >= 15 is 0 Å². The third-order valence-corrected chi connectivity index (χ3v) is 5.91. The zero-order valence-electron chi connectivity index (χ0n) is 24.5. The van der Waals surface area contributed by atoms with Crippen LogP contribution in [0.5, 0.6) is 5.75 Å². The molecule has 1 aromatic carbocycles. The van der Waals surface area contributed by atoms with Gasteiger partial charge in [-0.15, -0.1) is 4.99 Å². The fourth-order valence-electron chi connectivity index (χ4n) is 3.73. The van der Waals surface area contributed by atoms with Crippen LogP contribution in [-0.2, 0) is 21.1 Å². The molecule has 0 aliphatic carbocycles. The monoisotopic (exact) mass is 602 g/mol. The summed E-state index contributed by atoms with van der Waals surface area (Å²) >= 11 is 5.89.